The van der Waals surface area contributed by atoms with E-state index in [-0.39, 0.29) is 12.1 Å². The molecule has 1 aromatic carbocycles. The Morgan fingerprint density at radius 3 is 2.75 bits per heavy atom. The van der Waals surface area contributed by atoms with E-state index in [2.05, 4.69) is 43.1 Å². The molecule has 1 aliphatic heterocycles. The molecule has 1 aromatic rings. The minimum atomic E-state index is -0.00468. The Morgan fingerprint density at radius 1 is 1.33 bits per heavy atom. The number of amides is 2. The van der Waals surface area contributed by atoms with Crippen LogP contribution < -0.4 is 10.1 Å². The van der Waals surface area contributed by atoms with Crippen molar-refractivity contribution in [3.05, 3.63) is 29.3 Å². The Hall–Kier alpha value is -1.75. The van der Waals surface area contributed by atoms with Gasteiger partial charge in [0.2, 0.25) is 0 Å². The largest absolute Gasteiger partial charge is 0.491 e. The second-order valence-electron chi connectivity index (χ2n) is 6.43. The van der Waals surface area contributed by atoms with E-state index in [1.165, 1.54) is 5.56 Å². The molecule has 1 atom stereocenters. The predicted molar refractivity (Wildman–Crippen MR) is 97.3 cm³/mol. The molecule has 5 nitrogen and oxygen atoms in total. The molecule has 24 heavy (non-hydrogen) atoms. The first-order valence-corrected chi connectivity index (χ1v) is 9.09. The van der Waals surface area contributed by atoms with Crippen LogP contribution in [-0.4, -0.2) is 48.1 Å². The van der Waals surface area contributed by atoms with Gasteiger partial charge in [0, 0.05) is 18.2 Å². The summed E-state index contributed by atoms with van der Waals surface area (Å²) in [5, 5.41) is 3.05. The van der Waals surface area contributed by atoms with Gasteiger partial charge in [0.25, 0.3) is 0 Å². The Bertz CT molecular complexity index is 543. The van der Waals surface area contributed by atoms with Crippen molar-refractivity contribution >= 4 is 6.03 Å². The van der Waals surface area contributed by atoms with E-state index in [0.29, 0.717) is 19.7 Å². The average Bonchev–Trinajstić information content (AvgIpc) is 2.81. The number of fused-ring (bicyclic) bond motifs is 1. The average molecular weight is 333 g/mol. The van der Waals surface area contributed by atoms with Gasteiger partial charge in [-0.2, -0.15) is 0 Å². The molecule has 1 heterocycles. The van der Waals surface area contributed by atoms with E-state index >= 15 is 0 Å². The monoisotopic (exact) mass is 333 g/mol. The Labute approximate surface area is 146 Å². The van der Waals surface area contributed by atoms with Crippen LogP contribution in [0, 0.1) is 0 Å². The van der Waals surface area contributed by atoms with Crippen LogP contribution >= 0.6 is 0 Å². The second-order valence-corrected chi connectivity index (χ2v) is 6.43. The Kier molecular flexibility index (Phi) is 6.91. The minimum Gasteiger partial charge on any atom is -0.491 e. The van der Waals surface area contributed by atoms with Crippen LogP contribution in [-0.2, 0) is 13.1 Å². The zero-order chi connectivity index (χ0) is 17.5. The molecule has 1 N–H and O–H groups in total. The van der Waals surface area contributed by atoms with Crippen molar-refractivity contribution in [2.75, 3.05) is 26.2 Å². The molecule has 2 rings (SSSR count). The first-order chi connectivity index (χ1) is 11.6. The molecule has 1 unspecified atom stereocenters. The normalized spacial score (nSPS) is 15.5. The van der Waals surface area contributed by atoms with Gasteiger partial charge >= 0.3 is 6.03 Å². The maximum absolute atomic E-state index is 12.4. The lowest BCUT2D eigenvalue weighted by Gasteiger charge is -2.23. The van der Waals surface area contributed by atoms with Gasteiger partial charge in [-0.3, -0.25) is 4.90 Å². The molecule has 2 amide bonds. The van der Waals surface area contributed by atoms with Crippen LogP contribution in [0.1, 0.15) is 45.2 Å². The van der Waals surface area contributed by atoms with Crippen molar-refractivity contribution in [3.63, 3.8) is 0 Å². The molecule has 0 spiro atoms. The third kappa shape index (κ3) is 4.87. The number of carbonyl (C=O) groups excluding carboxylic acids is 1. The molecular weight excluding hydrogens is 302 g/mol. The van der Waals surface area contributed by atoms with E-state index in [9.17, 15) is 4.79 Å². The van der Waals surface area contributed by atoms with Gasteiger partial charge in [-0.25, -0.2) is 4.79 Å². The highest BCUT2D eigenvalue weighted by Gasteiger charge is 2.21. The SMILES string of the molecule is CCC(C)NC(=O)N1CCOc2ccc(CN(CC)CC)cc2C1. The Morgan fingerprint density at radius 2 is 2.08 bits per heavy atom. The fraction of sp³-hybridized carbons (Fsp3) is 0.632. The van der Waals surface area contributed by atoms with Gasteiger partial charge in [-0.05, 0) is 44.1 Å². The highest BCUT2D eigenvalue weighted by Crippen LogP contribution is 2.25. The second kappa shape index (κ2) is 8.92. The van der Waals surface area contributed by atoms with E-state index in [1.807, 2.05) is 17.9 Å². The number of urea groups is 1. The number of ether oxygens (including phenoxy) is 1. The zero-order valence-electron chi connectivity index (χ0n) is 15.5. The molecule has 0 radical (unpaired) electrons. The molecule has 1 aliphatic rings. The van der Waals surface area contributed by atoms with Gasteiger partial charge in [0.15, 0.2) is 0 Å². The summed E-state index contributed by atoms with van der Waals surface area (Å²) < 4.78 is 5.84. The van der Waals surface area contributed by atoms with E-state index in [0.717, 1.165) is 37.4 Å². The number of nitrogens with one attached hydrogen (secondary N) is 1. The van der Waals surface area contributed by atoms with Gasteiger partial charge < -0.3 is 15.0 Å². The molecule has 134 valence electrons. The molecule has 5 heteroatoms. The smallest absolute Gasteiger partial charge is 0.318 e. The molecule has 0 saturated heterocycles. The van der Waals surface area contributed by atoms with Crippen LogP contribution in [0.5, 0.6) is 5.75 Å². The van der Waals surface area contributed by atoms with Crippen LogP contribution in [0.2, 0.25) is 0 Å². The first kappa shape index (κ1) is 18.6. The zero-order valence-corrected chi connectivity index (χ0v) is 15.5. The fourth-order valence-electron chi connectivity index (χ4n) is 2.83. The van der Waals surface area contributed by atoms with Crippen LogP contribution in [0.15, 0.2) is 18.2 Å². The lowest BCUT2D eigenvalue weighted by atomic mass is 10.1. The van der Waals surface area contributed by atoms with Crippen LogP contribution in [0.4, 0.5) is 4.79 Å². The van der Waals surface area contributed by atoms with Crippen LogP contribution in [0.3, 0.4) is 0 Å². The van der Waals surface area contributed by atoms with Gasteiger partial charge in [0.1, 0.15) is 12.4 Å². The lowest BCUT2D eigenvalue weighted by molar-refractivity contribution is 0.184. The minimum absolute atomic E-state index is 0.00468. The lowest BCUT2D eigenvalue weighted by Crippen LogP contribution is -2.44. The summed E-state index contributed by atoms with van der Waals surface area (Å²) in [6.45, 7) is 13.2. The predicted octanol–water partition coefficient (Wildman–Crippen LogP) is 3.23. The third-order valence-electron chi connectivity index (χ3n) is 4.67. The number of rotatable bonds is 6. The van der Waals surface area contributed by atoms with E-state index in [1.54, 1.807) is 0 Å². The van der Waals surface area contributed by atoms with E-state index < -0.39 is 0 Å². The molecule has 0 fully saturated rings. The molecular formula is C19H31N3O2. The molecule has 0 saturated carbocycles. The van der Waals surface area contributed by atoms with E-state index in [4.69, 9.17) is 4.74 Å². The topological polar surface area (TPSA) is 44.8 Å². The maximum Gasteiger partial charge on any atom is 0.318 e. The highest BCUT2D eigenvalue weighted by atomic mass is 16.5. The number of carbonyl (C=O) groups is 1. The summed E-state index contributed by atoms with van der Waals surface area (Å²) >= 11 is 0. The van der Waals surface area contributed by atoms with Gasteiger partial charge in [0.05, 0.1) is 13.1 Å². The number of benzene rings is 1. The highest BCUT2D eigenvalue weighted by molar-refractivity contribution is 5.74. The maximum atomic E-state index is 12.4. The van der Waals surface area contributed by atoms with Crippen molar-refractivity contribution in [2.45, 2.75) is 53.2 Å². The summed E-state index contributed by atoms with van der Waals surface area (Å²) in [6, 6.07) is 6.55. The van der Waals surface area contributed by atoms with Crippen molar-refractivity contribution in [2.24, 2.45) is 0 Å². The summed E-state index contributed by atoms with van der Waals surface area (Å²) in [5.41, 5.74) is 2.36. The quantitative estimate of drug-likeness (QED) is 0.869. The third-order valence-corrected chi connectivity index (χ3v) is 4.67. The van der Waals surface area contributed by atoms with Crippen molar-refractivity contribution in [1.82, 2.24) is 15.1 Å². The number of hydrogen-bond acceptors (Lipinski definition) is 3. The summed E-state index contributed by atoms with van der Waals surface area (Å²) in [5.74, 6) is 0.900. The van der Waals surface area contributed by atoms with Gasteiger partial charge in [-0.15, -0.1) is 0 Å². The first-order valence-electron chi connectivity index (χ1n) is 9.09. The molecule has 0 aliphatic carbocycles. The van der Waals surface area contributed by atoms with Crippen LogP contribution in [0.25, 0.3) is 0 Å². The summed E-state index contributed by atoms with van der Waals surface area (Å²) in [7, 11) is 0. The number of hydrogen-bond donors (Lipinski definition) is 1. The standard InChI is InChI=1S/C19H31N3O2/c1-5-15(4)20-19(23)22-10-11-24-18-9-8-16(12-17(18)14-22)13-21(6-2)7-3/h8-9,12,15H,5-7,10-11,13-14H2,1-4H3,(H,20,23). The van der Waals surface area contributed by atoms with Crippen molar-refractivity contribution in [3.8, 4) is 5.75 Å². The van der Waals surface area contributed by atoms with Crippen molar-refractivity contribution in [1.29, 1.82) is 0 Å². The molecule has 0 bridgehead atoms. The summed E-state index contributed by atoms with van der Waals surface area (Å²) in [4.78, 5) is 16.7. The fourth-order valence-corrected chi connectivity index (χ4v) is 2.83. The Balaban J connectivity index is 2.11. The molecule has 0 aromatic heterocycles. The van der Waals surface area contributed by atoms with Crippen molar-refractivity contribution < 1.29 is 9.53 Å². The number of nitrogens with zero attached hydrogens (tertiary/aromatic N) is 2. The summed E-state index contributed by atoms with van der Waals surface area (Å²) in [6.07, 6.45) is 0.931. The van der Waals surface area contributed by atoms with Gasteiger partial charge in [-0.1, -0.05) is 26.8 Å².